The summed E-state index contributed by atoms with van der Waals surface area (Å²) in [5, 5.41) is 6.50. The molecule has 1 atom stereocenters. The van der Waals surface area contributed by atoms with Crippen LogP contribution >= 0.6 is 38.2 Å². The first-order valence-electron chi connectivity index (χ1n) is 13.0. The Kier molecular flexibility index (Phi) is 15.1. The first-order chi connectivity index (χ1) is 19.4. The van der Waals surface area contributed by atoms with Crippen LogP contribution in [0, 0.1) is 13.5 Å². The van der Waals surface area contributed by atoms with Gasteiger partial charge in [-0.1, -0.05) is 103 Å². The van der Waals surface area contributed by atoms with Gasteiger partial charge in [0.05, 0.1) is 6.04 Å². The molecule has 40 heavy (non-hydrogen) atoms. The monoisotopic (exact) mass is 651 g/mol. The van der Waals surface area contributed by atoms with E-state index < -0.39 is 19.5 Å². The molecule has 8 heteroatoms. The molecule has 0 radical (unpaired) electrons. The molecule has 1 fully saturated rings. The number of hydrogen-bond donors (Lipinski definition) is 1. The number of amidine groups is 1. The Bertz CT molecular complexity index is 1210. The van der Waals surface area contributed by atoms with E-state index in [9.17, 15) is 0 Å². The van der Waals surface area contributed by atoms with Gasteiger partial charge in [-0.3, -0.25) is 4.99 Å². The van der Waals surface area contributed by atoms with Gasteiger partial charge in [0.25, 0.3) is 0 Å². The van der Waals surface area contributed by atoms with E-state index in [0.29, 0.717) is 0 Å². The molecule has 1 heterocycles. The zero-order valence-corrected chi connectivity index (χ0v) is 27.2. The third-order valence-electron chi connectivity index (χ3n) is 6.00. The van der Waals surface area contributed by atoms with Crippen molar-refractivity contribution in [2.45, 2.75) is 32.7 Å². The average Bonchev–Trinajstić information content (AvgIpc) is 3.57. The fourth-order valence-electron chi connectivity index (χ4n) is 3.95. The van der Waals surface area contributed by atoms with Crippen molar-refractivity contribution in [1.82, 2.24) is 5.09 Å². The zero-order chi connectivity index (χ0) is 28.6. The molecule has 1 aliphatic rings. The summed E-state index contributed by atoms with van der Waals surface area (Å²) in [6.45, 7) is 7.08. The maximum atomic E-state index is 5.17. The fraction of sp³-hybridized carbons (Fsp3) is 0.188. The van der Waals surface area contributed by atoms with Gasteiger partial charge in [-0.25, -0.2) is 11.7 Å². The van der Waals surface area contributed by atoms with E-state index in [1.165, 1.54) is 28.2 Å². The van der Waals surface area contributed by atoms with Crippen LogP contribution in [0.4, 0.5) is 0 Å². The van der Waals surface area contributed by atoms with Gasteiger partial charge in [0.1, 0.15) is 10.6 Å². The van der Waals surface area contributed by atoms with E-state index in [2.05, 4.69) is 128 Å². The quantitative estimate of drug-likeness (QED) is 0.0977. The minimum absolute atomic E-state index is 0.0554. The predicted molar refractivity (Wildman–Crippen MR) is 173 cm³/mol. The third kappa shape index (κ3) is 11.9. The van der Waals surface area contributed by atoms with Crippen molar-refractivity contribution in [3.8, 4) is 0 Å². The first-order valence-corrected chi connectivity index (χ1v) is 19.8. The van der Waals surface area contributed by atoms with Crippen molar-refractivity contribution < 1.29 is 16.1 Å². The van der Waals surface area contributed by atoms with Gasteiger partial charge in [-0.15, -0.1) is 0 Å². The summed E-state index contributed by atoms with van der Waals surface area (Å²) in [5.74, 6) is 0.943. The van der Waals surface area contributed by atoms with Crippen LogP contribution in [0.5, 0.6) is 0 Å². The molecule has 1 unspecified atom stereocenters. The second kappa shape index (κ2) is 18.5. The second-order valence-corrected chi connectivity index (χ2v) is 17.5. The third-order valence-corrected chi connectivity index (χ3v) is 8.31. The summed E-state index contributed by atoms with van der Waals surface area (Å²) in [4.78, 5) is 5.17. The Morgan fingerprint density at radius 3 is 1.75 bits per heavy atom. The van der Waals surface area contributed by atoms with Crippen molar-refractivity contribution >= 4 is 54.7 Å². The van der Waals surface area contributed by atoms with Crippen LogP contribution in [-0.2, 0) is 16.1 Å². The van der Waals surface area contributed by atoms with E-state index >= 15 is 0 Å². The summed E-state index contributed by atoms with van der Waals surface area (Å²) in [6, 6.07) is 40.6. The van der Waals surface area contributed by atoms with E-state index in [1.807, 2.05) is 12.7 Å². The molecule has 0 amide bonds. The van der Waals surface area contributed by atoms with Gasteiger partial charge < -0.3 is 4.74 Å². The Hall–Kier alpha value is -1.86. The molecule has 0 bridgehead atoms. The molecule has 0 saturated carbocycles. The molecule has 0 spiro atoms. The SMILES string of the molecule is Cc1ccc(C(=NC(C)c2ccccc2)N[PH+](c2ccccc2)c2ccccc2)cc1.[CH-]1CCCO1.[Cl][Cr+]([Cl])[Cl]. The molecule has 4 aromatic rings. The Morgan fingerprint density at radius 2 is 1.32 bits per heavy atom. The van der Waals surface area contributed by atoms with Gasteiger partial charge in [-0.2, -0.15) is 6.42 Å². The molecule has 3 nitrogen and oxygen atoms in total. The van der Waals surface area contributed by atoms with Crippen LogP contribution in [0.2, 0.25) is 0 Å². The molecule has 0 aliphatic carbocycles. The molecule has 1 N–H and O–H groups in total. The van der Waals surface area contributed by atoms with E-state index in [4.69, 9.17) is 39.9 Å². The molecular weight excluding hydrogens is 618 g/mol. The van der Waals surface area contributed by atoms with E-state index in [0.717, 1.165) is 24.4 Å². The number of hydrogen-bond acceptors (Lipinski definition) is 2. The summed E-state index contributed by atoms with van der Waals surface area (Å²) in [7, 11) is 13.5. The molecule has 210 valence electrons. The molecule has 1 saturated heterocycles. The van der Waals surface area contributed by atoms with E-state index in [1.54, 1.807) is 0 Å². The molecule has 0 aromatic heterocycles. The van der Waals surface area contributed by atoms with Gasteiger partial charge in [-0.05, 0) is 43.7 Å². The van der Waals surface area contributed by atoms with Crippen LogP contribution in [0.25, 0.3) is 0 Å². The summed E-state index contributed by atoms with van der Waals surface area (Å²) >= 11 is -1.62. The Labute approximate surface area is 257 Å². The number of benzene rings is 4. The molecular formula is C32H35Cl3CrN2OP+. The van der Waals surface area contributed by atoms with Crippen molar-refractivity contribution in [2.75, 3.05) is 6.61 Å². The Balaban J connectivity index is 0.000000420. The number of nitrogens with one attached hydrogen (secondary N) is 1. The molecule has 1 aliphatic heterocycles. The van der Waals surface area contributed by atoms with E-state index in [-0.39, 0.29) is 6.04 Å². The summed E-state index contributed by atoms with van der Waals surface area (Å²) in [5.41, 5.74) is 3.57. The van der Waals surface area contributed by atoms with Gasteiger partial charge in [0, 0.05) is 12.2 Å². The first kappa shape index (κ1) is 32.7. The second-order valence-electron chi connectivity index (χ2n) is 9.02. The zero-order valence-electron chi connectivity index (χ0n) is 22.6. The van der Waals surface area contributed by atoms with Crippen LogP contribution in [0.1, 0.15) is 42.5 Å². The summed E-state index contributed by atoms with van der Waals surface area (Å²) in [6.07, 6.45) is 2.38. The number of rotatable bonds is 6. The number of nitrogens with zero attached hydrogens (tertiary/aromatic N) is 1. The topological polar surface area (TPSA) is 33.6 Å². The summed E-state index contributed by atoms with van der Waals surface area (Å²) < 4.78 is 4.82. The maximum absolute atomic E-state index is 5.17. The fourth-order valence-corrected chi connectivity index (χ4v) is 6.07. The average molecular weight is 653 g/mol. The van der Waals surface area contributed by atoms with Crippen LogP contribution in [0.15, 0.2) is 120 Å². The van der Waals surface area contributed by atoms with Crippen LogP contribution < -0.4 is 15.7 Å². The van der Waals surface area contributed by atoms with Gasteiger partial charge >= 0.3 is 41.5 Å². The Morgan fingerprint density at radius 1 is 0.825 bits per heavy atom. The predicted octanol–water partition coefficient (Wildman–Crippen LogP) is 8.90. The number of aliphatic imine (C=N–C) groups is 1. The van der Waals surface area contributed by atoms with Crippen molar-refractivity contribution in [3.05, 3.63) is 139 Å². The standard InChI is InChI=1S/C28H27N2P.C4H7O.3ClH.Cr/c1-22-18-20-25(21-19-22)28(29-23(2)24-12-6-3-7-13-24)30-31(26-14-8-4-9-15-26)27-16-10-5-11-17-27;1-2-4-5-3-1;;;;/h3-21,23H,1-2H3,(H,29,30);3H,1-2,4H2;3*1H;/q;-1;;;;+4/p-2. The normalized spacial score (nSPS) is 13.6. The van der Waals surface area contributed by atoms with Crippen molar-refractivity contribution in [1.29, 1.82) is 0 Å². The number of halogens is 3. The molecule has 4 aromatic carbocycles. The van der Waals surface area contributed by atoms with Crippen LogP contribution in [-0.4, -0.2) is 12.4 Å². The number of ether oxygens (including phenoxy) is 1. The van der Waals surface area contributed by atoms with Gasteiger partial charge in [0.15, 0.2) is 13.9 Å². The van der Waals surface area contributed by atoms with Crippen molar-refractivity contribution in [2.24, 2.45) is 4.99 Å². The van der Waals surface area contributed by atoms with Crippen molar-refractivity contribution in [3.63, 3.8) is 0 Å². The molecule has 5 rings (SSSR count). The minimum atomic E-state index is -1.62. The van der Waals surface area contributed by atoms with Crippen LogP contribution in [0.3, 0.4) is 0 Å². The van der Waals surface area contributed by atoms with Gasteiger partial charge in [0.2, 0.25) is 0 Å². The number of aryl methyl sites for hydroxylation is 1.